The van der Waals surface area contributed by atoms with Crippen molar-refractivity contribution in [1.82, 2.24) is 5.01 Å². The minimum absolute atomic E-state index is 0.322. The SMILES string of the molecule is CC1=NN(C(=O)C=Cc2cccs2)C(=O)[C@@H]1Cc1ccc(F)cc1. The Morgan fingerprint density at radius 3 is 2.75 bits per heavy atom. The number of halogens is 1. The Morgan fingerprint density at radius 1 is 1.33 bits per heavy atom. The lowest BCUT2D eigenvalue weighted by Gasteiger charge is -2.11. The highest BCUT2D eigenvalue weighted by molar-refractivity contribution is 7.10. The Labute approximate surface area is 142 Å². The van der Waals surface area contributed by atoms with Gasteiger partial charge in [0, 0.05) is 16.7 Å². The maximum absolute atomic E-state index is 13.0. The molecule has 0 saturated heterocycles. The maximum Gasteiger partial charge on any atom is 0.273 e. The predicted molar refractivity (Wildman–Crippen MR) is 91.9 cm³/mol. The van der Waals surface area contributed by atoms with Gasteiger partial charge in [0.05, 0.1) is 5.92 Å². The molecule has 2 heterocycles. The summed E-state index contributed by atoms with van der Waals surface area (Å²) in [6.07, 6.45) is 3.41. The van der Waals surface area contributed by atoms with E-state index in [1.807, 2.05) is 17.5 Å². The zero-order valence-corrected chi connectivity index (χ0v) is 13.8. The van der Waals surface area contributed by atoms with Crippen LogP contribution in [0.3, 0.4) is 0 Å². The van der Waals surface area contributed by atoms with E-state index in [1.54, 1.807) is 25.1 Å². The molecule has 6 heteroatoms. The Hall–Kier alpha value is -2.60. The molecular formula is C18H15FN2O2S. The average molecular weight is 342 g/mol. The van der Waals surface area contributed by atoms with E-state index in [9.17, 15) is 14.0 Å². The summed E-state index contributed by atoms with van der Waals surface area (Å²) in [5.41, 5.74) is 1.41. The van der Waals surface area contributed by atoms with Crippen LogP contribution in [0.1, 0.15) is 17.4 Å². The van der Waals surface area contributed by atoms with Crippen LogP contribution in [0, 0.1) is 11.7 Å². The molecule has 2 aromatic rings. The number of hydrogen-bond acceptors (Lipinski definition) is 4. The second kappa shape index (κ2) is 6.88. The topological polar surface area (TPSA) is 49.7 Å². The van der Waals surface area contributed by atoms with Crippen LogP contribution in [0.2, 0.25) is 0 Å². The van der Waals surface area contributed by atoms with Gasteiger partial charge in [0.25, 0.3) is 11.8 Å². The van der Waals surface area contributed by atoms with Crippen molar-refractivity contribution >= 4 is 34.9 Å². The second-order valence-corrected chi connectivity index (χ2v) is 6.44. The summed E-state index contributed by atoms with van der Waals surface area (Å²) in [6, 6.07) is 9.75. The Balaban J connectivity index is 1.70. The van der Waals surface area contributed by atoms with Gasteiger partial charge in [0.1, 0.15) is 5.82 Å². The number of nitrogens with zero attached hydrogens (tertiary/aromatic N) is 2. The predicted octanol–water partition coefficient (Wildman–Crippen LogP) is 3.50. The zero-order valence-electron chi connectivity index (χ0n) is 13.0. The number of hydrogen-bond donors (Lipinski definition) is 0. The van der Waals surface area contributed by atoms with Crippen molar-refractivity contribution in [1.29, 1.82) is 0 Å². The van der Waals surface area contributed by atoms with Crippen LogP contribution in [-0.4, -0.2) is 22.5 Å². The number of carbonyl (C=O) groups is 2. The smallest absolute Gasteiger partial charge is 0.272 e. The third kappa shape index (κ3) is 3.49. The first kappa shape index (κ1) is 16.3. The summed E-state index contributed by atoms with van der Waals surface area (Å²) >= 11 is 1.50. The maximum atomic E-state index is 13.0. The Bertz CT molecular complexity index is 810. The highest BCUT2D eigenvalue weighted by Crippen LogP contribution is 2.21. The molecule has 1 aliphatic rings. The number of imide groups is 1. The first-order chi connectivity index (χ1) is 11.5. The van der Waals surface area contributed by atoms with E-state index in [1.165, 1.54) is 29.5 Å². The lowest BCUT2D eigenvalue weighted by atomic mass is 9.95. The van der Waals surface area contributed by atoms with Gasteiger partial charge in [0.2, 0.25) is 0 Å². The molecule has 0 fully saturated rings. The molecule has 122 valence electrons. The molecule has 3 rings (SSSR count). The fraction of sp³-hybridized carbons (Fsp3) is 0.167. The monoisotopic (exact) mass is 342 g/mol. The molecule has 1 aliphatic heterocycles. The molecule has 0 spiro atoms. The molecular weight excluding hydrogens is 327 g/mol. The number of amides is 2. The number of carbonyl (C=O) groups excluding carboxylic acids is 2. The van der Waals surface area contributed by atoms with Gasteiger partial charge in [-0.25, -0.2) is 4.39 Å². The van der Waals surface area contributed by atoms with Gasteiger partial charge in [-0.15, -0.1) is 11.3 Å². The van der Waals surface area contributed by atoms with Gasteiger partial charge in [-0.05, 0) is 48.6 Å². The molecule has 0 N–H and O–H groups in total. The lowest BCUT2D eigenvalue weighted by Crippen LogP contribution is -2.32. The number of benzene rings is 1. The molecule has 1 aromatic carbocycles. The van der Waals surface area contributed by atoms with Crippen LogP contribution >= 0.6 is 11.3 Å². The van der Waals surface area contributed by atoms with Gasteiger partial charge in [-0.3, -0.25) is 9.59 Å². The molecule has 0 bridgehead atoms. The minimum atomic E-state index is -0.491. The van der Waals surface area contributed by atoms with Crippen LogP contribution in [0.4, 0.5) is 4.39 Å². The van der Waals surface area contributed by atoms with Crippen LogP contribution < -0.4 is 0 Å². The normalized spacial score (nSPS) is 17.6. The van der Waals surface area contributed by atoms with Gasteiger partial charge in [-0.2, -0.15) is 10.1 Å². The van der Waals surface area contributed by atoms with E-state index < -0.39 is 11.8 Å². The van der Waals surface area contributed by atoms with Crippen LogP contribution in [-0.2, 0) is 16.0 Å². The Morgan fingerprint density at radius 2 is 2.08 bits per heavy atom. The molecule has 0 aliphatic carbocycles. The van der Waals surface area contributed by atoms with Crippen molar-refractivity contribution in [2.45, 2.75) is 13.3 Å². The van der Waals surface area contributed by atoms with E-state index in [-0.39, 0.29) is 11.7 Å². The van der Waals surface area contributed by atoms with Crippen LogP contribution in [0.25, 0.3) is 6.08 Å². The summed E-state index contributed by atoms with van der Waals surface area (Å²) in [5, 5.41) is 6.91. The number of thiophene rings is 1. The first-order valence-electron chi connectivity index (χ1n) is 7.43. The van der Waals surface area contributed by atoms with Crippen LogP contribution in [0.5, 0.6) is 0 Å². The second-order valence-electron chi connectivity index (χ2n) is 5.46. The largest absolute Gasteiger partial charge is 0.273 e. The highest BCUT2D eigenvalue weighted by atomic mass is 32.1. The molecule has 24 heavy (non-hydrogen) atoms. The third-order valence-corrected chi connectivity index (χ3v) is 4.60. The summed E-state index contributed by atoms with van der Waals surface area (Å²) in [7, 11) is 0. The molecule has 1 aromatic heterocycles. The fourth-order valence-corrected chi connectivity index (χ4v) is 3.08. The molecule has 0 unspecified atom stereocenters. The zero-order chi connectivity index (χ0) is 17.1. The van der Waals surface area contributed by atoms with Crippen LogP contribution in [0.15, 0.2) is 53.0 Å². The first-order valence-corrected chi connectivity index (χ1v) is 8.31. The summed E-state index contributed by atoms with van der Waals surface area (Å²) in [6.45, 7) is 1.72. The summed E-state index contributed by atoms with van der Waals surface area (Å²) in [5.74, 6) is -1.63. The highest BCUT2D eigenvalue weighted by Gasteiger charge is 2.36. The molecule has 0 radical (unpaired) electrons. The van der Waals surface area contributed by atoms with E-state index >= 15 is 0 Å². The van der Waals surface area contributed by atoms with Crippen molar-refractivity contribution < 1.29 is 14.0 Å². The Kier molecular flexibility index (Phi) is 4.66. The van der Waals surface area contributed by atoms with Crippen molar-refractivity contribution in [2.24, 2.45) is 11.0 Å². The van der Waals surface area contributed by atoms with Gasteiger partial charge in [-0.1, -0.05) is 18.2 Å². The van der Waals surface area contributed by atoms with E-state index in [0.717, 1.165) is 15.4 Å². The van der Waals surface area contributed by atoms with Crippen molar-refractivity contribution in [3.63, 3.8) is 0 Å². The standard InChI is InChI=1S/C18H15FN2O2S/c1-12-16(11-13-4-6-14(19)7-5-13)18(23)21(20-12)17(22)9-8-15-3-2-10-24-15/h2-10,16H,11H2,1H3/t16-/m1/s1. The lowest BCUT2D eigenvalue weighted by molar-refractivity contribution is -0.141. The quantitative estimate of drug-likeness (QED) is 0.799. The van der Waals surface area contributed by atoms with Gasteiger partial charge in [0.15, 0.2) is 0 Å². The van der Waals surface area contributed by atoms with E-state index in [0.29, 0.717) is 12.1 Å². The van der Waals surface area contributed by atoms with Crippen molar-refractivity contribution in [3.8, 4) is 0 Å². The molecule has 2 amide bonds. The molecule has 1 atom stereocenters. The average Bonchev–Trinajstić information content (AvgIpc) is 3.18. The van der Waals surface area contributed by atoms with Gasteiger partial charge >= 0.3 is 0 Å². The number of hydrazone groups is 1. The summed E-state index contributed by atoms with van der Waals surface area (Å²) < 4.78 is 13.0. The van der Waals surface area contributed by atoms with E-state index in [2.05, 4.69) is 5.10 Å². The minimum Gasteiger partial charge on any atom is -0.272 e. The third-order valence-electron chi connectivity index (χ3n) is 3.76. The fourth-order valence-electron chi connectivity index (χ4n) is 2.46. The summed E-state index contributed by atoms with van der Waals surface area (Å²) in [4.78, 5) is 25.6. The molecule has 0 saturated carbocycles. The van der Waals surface area contributed by atoms with Crippen molar-refractivity contribution in [2.75, 3.05) is 0 Å². The number of rotatable bonds is 4. The van der Waals surface area contributed by atoms with Gasteiger partial charge < -0.3 is 0 Å². The van der Waals surface area contributed by atoms with E-state index in [4.69, 9.17) is 0 Å². The molecule has 4 nitrogen and oxygen atoms in total. The van der Waals surface area contributed by atoms with Crippen molar-refractivity contribution in [3.05, 3.63) is 64.1 Å².